The second kappa shape index (κ2) is 6.57. The number of aromatic nitrogens is 2. The fourth-order valence-corrected chi connectivity index (χ4v) is 2.44. The van der Waals surface area contributed by atoms with Crippen LogP contribution in [0.25, 0.3) is 0 Å². The summed E-state index contributed by atoms with van der Waals surface area (Å²) in [6, 6.07) is 2.02. The van der Waals surface area contributed by atoms with Gasteiger partial charge < -0.3 is 10.6 Å². The van der Waals surface area contributed by atoms with Gasteiger partial charge in [-0.15, -0.1) is 0 Å². The van der Waals surface area contributed by atoms with Crippen molar-refractivity contribution in [1.82, 2.24) is 9.97 Å². The molecule has 1 aliphatic carbocycles. The van der Waals surface area contributed by atoms with Gasteiger partial charge in [-0.05, 0) is 32.1 Å². The average Bonchev–Trinajstić information content (AvgIpc) is 2.86. The van der Waals surface area contributed by atoms with E-state index in [1.807, 2.05) is 13.0 Å². The third-order valence-corrected chi connectivity index (χ3v) is 3.43. The van der Waals surface area contributed by atoms with Gasteiger partial charge in [0.1, 0.15) is 5.82 Å². The summed E-state index contributed by atoms with van der Waals surface area (Å²) < 4.78 is 0. The van der Waals surface area contributed by atoms with Crippen LogP contribution in [0.3, 0.4) is 0 Å². The maximum Gasteiger partial charge on any atom is 0.224 e. The molecular weight excluding hydrogens is 224 g/mol. The van der Waals surface area contributed by atoms with Crippen LogP contribution in [0.2, 0.25) is 0 Å². The number of hydrogen-bond donors (Lipinski definition) is 2. The highest BCUT2D eigenvalue weighted by atomic mass is 15.1. The number of hydrogen-bond acceptors (Lipinski definition) is 4. The van der Waals surface area contributed by atoms with E-state index in [0.29, 0.717) is 0 Å². The van der Waals surface area contributed by atoms with Gasteiger partial charge in [-0.3, -0.25) is 0 Å². The van der Waals surface area contributed by atoms with E-state index in [-0.39, 0.29) is 0 Å². The Balaban J connectivity index is 1.91. The Hall–Kier alpha value is -1.32. The minimum absolute atomic E-state index is 0.741. The van der Waals surface area contributed by atoms with Crippen LogP contribution in [0.5, 0.6) is 0 Å². The van der Waals surface area contributed by atoms with Crippen LogP contribution in [0, 0.1) is 12.8 Å². The molecule has 0 bridgehead atoms. The van der Waals surface area contributed by atoms with E-state index >= 15 is 0 Å². The van der Waals surface area contributed by atoms with Crippen molar-refractivity contribution in [2.24, 2.45) is 5.92 Å². The van der Waals surface area contributed by atoms with Crippen LogP contribution in [0.15, 0.2) is 6.07 Å². The van der Waals surface area contributed by atoms with Gasteiger partial charge in [0.05, 0.1) is 0 Å². The Kier molecular flexibility index (Phi) is 4.79. The molecule has 2 N–H and O–H groups in total. The molecule has 0 aliphatic heterocycles. The summed E-state index contributed by atoms with van der Waals surface area (Å²) in [5, 5.41) is 6.69. The quantitative estimate of drug-likeness (QED) is 0.811. The third-order valence-electron chi connectivity index (χ3n) is 3.43. The number of nitrogens with zero attached hydrogens (tertiary/aromatic N) is 2. The molecule has 4 heteroatoms. The fourth-order valence-electron chi connectivity index (χ4n) is 2.44. The average molecular weight is 248 g/mol. The van der Waals surface area contributed by atoms with Crippen molar-refractivity contribution in [2.45, 2.75) is 46.0 Å². The number of aryl methyl sites for hydroxylation is 1. The zero-order chi connectivity index (χ0) is 12.8. The molecule has 1 saturated carbocycles. The molecule has 1 heterocycles. The Morgan fingerprint density at radius 3 is 2.72 bits per heavy atom. The molecule has 2 rings (SSSR count). The van der Waals surface area contributed by atoms with E-state index in [2.05, 4.69) is 27.5 Å². The molecule has 0 spiro atoms. The van der Waals surface area contributed by atoms with Crippen molar-refractivity contribution in [3.8, 4) is 0 Å². The zero-order valence-electron chi connectivity index (χ0n) is 11.5. The van der Waals surface area contributed by atoms with Crippen molar-refractivity contribution >= 4 is 11.8 Å². The molecule has 1 fully saturated rings. The van der Waals surface area contributed by atoms with E-state index in [1.54, 1.807) is 0 Å². The van der Waals surface area contributed by atoms with Crippen LogP contribution >= 0.6 is 0 Å². The maximum atomic E-state index is 4.50. The van der Waals surface area contributed by atoms with E-state index in [9.17, 15) is 0 Å². The second-order valence-electron chi connectivity index (χ2n) is 5.18. The molecule has 0 aromatic carbocycles. The van der Waals surface area contributed by atoms with Gasteiger partial charge in [0.2, 0.25) is 5.95 Å². The first-order chi connectivity index (χ1) is 8.78. The zero-order valence-corrected chi connectivity index (χ0v) is 11.5. The molecule has 0 unspecified atom stereocenters. The van der Waals surface area contributed by atoms with Crippen molar-refractivity contribution in [1.29, 1.82) is 0 Å². The van der Waals surface area contributed by atoms with Gasteiger partial charge >= 0.3 is 0 Å². The smallest absolute Gasteiger partial charge is 0.224 e. The molecule has 0 atom stereocenters. The van der Waals surface area contributed by atoms with E-state index < -0.39 is 0 Å². The standard InChI is InChI=1S/C14H24N4/c1-3-8-15-14-17-11(2)9-13(18-14)16-10-12-6-4-5-7-12/h9,12H,3-8,10H2,1-2H3,(H2,15,16,17,18). The highest BCUT2D eigenvalue weighted by Crippen LogP contribution is 2.24. The van der Waals surface area contributed by atoms with Crippen molar-refractivity contribution in [3.63, 3.8) is 0 Å². The molecule has 0 radical (unpaired) electrons. The molecule has 4 nitrogen and oxygen atoms in total. The fraction of sp³-hybridized carbons (Fsp3) is 0.714. The minimum atomic E-state index is 0.741. The third kappa shape index (κ3) is 3.86. The van der Waals surface area contributed by atoms with Gasteiger partial charge in [-0.2, -0.15) is 4.98 Å². The van der Waals surface area contributed by atoms with Gasteiger partial charge in [0.25, 0.3) is 0 Å². The monoisotopic (exact) mass is 248 g/mol. The lowest BCUT2D eigenvalue weighted by Crippen LogP contribution is -2.13. The summed E-state index contributed by atoms with van der Waals surface area (Å²) in [5.74, 6) is 2.52. The minimum Gasteiger partial charge on any atom is -0.370 e. The first kappa shape index (κ1) is 13.1. The first-order valence-electron chi connectivity index (χ1n) is 7.11. The lowest BCUT2D eigenvalue weighted by molar-refractivity contribution is 0.579. The summed E-state index contributed by atoms with van der Waals surface area (Å²) in [6.07, 6.45) is 6.58. The SMILES string of the molecule is CCCNc1nc(C)cc(NCC2CCCC2)n1. The topological polar surface area (TPSA) is 49.8 Å². The second-order valence-corrected chi connectivity index (χ2v) is 5.18. The molecule has 1 aliphatic rings. The van der Waals surface area contributed by atoms with Crippen LogP contribution in [0.1, 0.15) is 44.7 Å². The van der Waals surface area contributed by atoms with Crippen molar-refractivity contribution in [3.05, 3.63) is 11.8 Å². The summed E-state index contributed by atoms with van der Waals surface area (Å²) >= 11 is 0. The van der Waals surface area contributed by atoms with E-state index in [1.165, 1.54) is 25.7 Å². The molecule has 100 valence electrons. The van der Waals surface area contributed by atoms with Gasteiger partial charge in [-0.1, -0.05) is 19.8 Å². The van der Waals surface area contributed by atoms with Gasteiger partial charge in [0, 0.05) is 24.8 Å². The predicted molar refractivity (Wildman–Crippen MR) is 76.0 cm³/mol. The highest BCUT2D eigenvalue weighted by Gasteiger charge is 2.14. The summed E-state index contributed by atoms with van der Waals surface area (Å²) in [7, 11) is 0. The first-order valence-corrected chi connectivity index (χ1v) is 7.11. The molecular formula is C14H24N4. The van der Waals surface area contributed by atoms with Crippen molar-refractivity contribution in [2.75, 3.05) is 23.7 Å². The van der Waals surface area contributed by atoms with Crippen LogP contribution in [-0.4, -0.2) is 23.1 Å². The van der Waals surface area contributed by atoms with Crippen molar-refractivity contribution < 1.29 is 0 Å². The Labute approximate surface area is 110 Å². The van der Waals surface area contributed by atoms with Gasteiger partial charge in [-0.25, -0.2) is 4.98 Å². The number of nitrogens with one attached hydrogen (secondary N) is 2. The Morgan fingerprint density at radius 1 is 1.22 bits per heavy atom. The summed E-state index contributed by atoms with van der Waals surface area (Å²) in [6.45, 7) is 6.12. The summed E-state index contributed by atoms with van der Waals surface area (Å²) in [4.78, 5) is 8.89. The maximum absolute atomic E-state index is 4.50. The number of rotatable bonds is 6. The Bertz CT molecular complexity index is 372. The Morgan fingerprint density at radius 2 is 2.00 bits per heavy atom. The largest absolute Gasteiger partial charge is 0.370 e. The molecule has 0 saturated heterocycles. The number of anilines is 2. The molecule has 1 aromatic rings. The van der Waals surface area contributed by atoms with Crippen LogP contribution in [-0.2, 0) is 0 Å². The molecule has 1 aromatic heterocycles. The van der Waals surface area contributed by atoms with Crippen LogP contribution < -0.4 is 10.6 Å². The van der Waals surface area contributed by atoms with Crippen LogP contribution in [0.4, 0.5) is 11.8 Å². The lowest BCUT2D eigenvalue weighted by Gasteiger charge is -2.12. The highest BCUT2D eigenvalue weighted by molar-refractivity contribution is 5.42. The predicted octanol–water partition coefficient (Wildman–Crippen LogP) is 3.21. The van der Waals surface area contributed by atoms with E-state index in [0.717, 1.165) is 42.9 Å². The van der Waals surface area contributed by atoms with Gasteiger partial charge in [0.15, 0.2) is 0 Å². The molecule has 18 heavy (non-hydrogen) atoms. The molecule has 0 amide bonds. The normalized spacial score (nSPS) is 15.9. The lowest BCUT2D eigenvalue weighted by atomic mass is 10.1. The van der Waals surface area contributed by atoms with E-state index in [4.69, 9.17) is 0 Å². The summed E-state index contributed by atoms with van der Waals surface area (Å²) in [5.41, 5.74) is 1.01.